The van der Waals surface area contributed by atoms with Crippen molar-refractivity contribution in [3.63, 3.8) is 0 Å². The summed E-state index contributed by atoms with van der Waals surface area (Å²) in [5.41, 5.74) is 0.359. The van der Waals surface area contributed by atoms with Crippen molar-refractivity contribution in [1.29, 1.82) is 5.26 Å². The first-order valence-electron chi connectivity index (χ1n) is 5.26. The normalized spacial score (nSPS) is 9.47. The van der Waals surface area contributed by atoms with Crippen LogP contribution in [0.2, 0.25) is 5.02 Å². The van der Waals surface area contributed by atoms with Gasteiger partial charge < -0.3 is 10.1 Å². The van der Waals surface area contributed by atoms with Gasteiger partial charge in [0.1, 0.15) is 11.8 Å². The molecule has 0 radical (unpaired) electrons. The van der Waals surface area contributed by atoms with Crippen LogP contribution < -0.4 is 10.1 Å². The zero-order valence-corrected chi connectivity index (χ0v) is 10.3. The highest BCUT2D eigenvalue weighted by molar-refractivity contribution is 6.30. The van der Waals surface area contributed by atoms with E-state index in [1.165, 1.54) is 6.07 Å². The number of rotatable bonds is 5. The van der Waals surface area contributed by atoms with Crippen molar-refractivity contribution in [2.24, 2.45) is 0 Å². The molecule has 90 valence electrons. The van der Waals surface area contributed by atoms with Gasteiger partial charge in [0, 0.05) is 17.6 Å². The lowest BCUT2D eigenvalue weighted by atomic mass is 10.2. The van der Waals surface area contributed by atoms with Crippen molar-refractivity contribution in [2.75, 3.05) is 13.2 Å². The number of ether oxygens (including phenoxy) is 1. The maximum Gasteiger partial charge on any atom is 0.257 e. The van der Waals surface area contributed by atoms with Crippen molar-refractivity contribution >= 4 is 17.5 Å². The van der Waals surface area contributed by atoms with Crippen LogP contribution in [-0.4, -0.2) is 19.1 Å². The zero-order valence-electron chi connectivity index (χ0n) is 9.50. The minimum Gasteiger partial charge on any atom is -0.482 e. The van der Waals surface area contributed by atoms with E-state index in [0.717, 1.165) is 6.42 Å². The molecule has 1 aromatic carbocycles. The Hall–Kier alpha value is -1.73. The fraction of sp³-hybridized carbons (Fsp3) is 0.333. The number of carbonyl (C=O) groups is 1. The first-order chi connectivity index (χ1) is 8.17. The predicted molar refractivity (Wildman–Crippen MR) is 65.0 cm³/mol. The third kappa shape index (κ3) is 4.33. The van der Waals surface area contributed by atoms with Crippen molar-refractivity contribution in [3.05, 3.63) is 28.8 Å². The van der Waals surface area contributed by atoms with Gasteiger partial charge >= 0.3 is 0 Å². The molecule has 1 rings (SSSR count). The molecule has 0 aliphatic rings. The molecule has 0 saturated heterocycles. The summed E-state index contributed by atoms with van der Waals surface area (Å²) in [6.45, 7) is 2.46. The van der Waals surface area contributed by atoms with E-state index in [9.17, 15) is 4.79 Å². The second kappa shape index (κ2) is 6.77. The Balaban J connectivity index is 2.60. The van der Waals surface area contributed by atoms with E-state index in [0.29, 0.717) is 22.9 Å². The summed E-state index contributed by atoms with van der Waals surface area (Å²) in [5.74, 6) is 0.113. The molecular weight excluding hydrogens is 240 g/mol. The molecule has 0 spiro atoms. The lowest BCUT2D eigenvalue weighted by molar-refractivity contribution is -0.123. The maximum atomic E-state index is 11.3. The zero-order chi connectivity index (χ0) is 12.7. The molecule has 0 fully saturated rings. The number of nitrogens with zero attached hydrogens (tertiary/aromatic N) is 1. The lowest BCUT2D eigenvalue weighted by Crippen LogP contribution is -2.29. The van der Waals surface area contributed by atoms with Gasteiger partial charge in [-0.1, -0.05) is 18.5 Å². The molecule has 5 heteroatoms. The van der Waals surface area contributed by atoms with Gasteiger partial charge in [0.05, 0.1) is 5.56 Å². The Kier molecular flexibility index (Phi) is 5.31. The highest BCUT2D eigenvalue weighted by Crippen LogP contribution is 2.22. The van der Waals surface area contributed by atoms with Crippen LogP contribution >= 0.6 is 11.6 Å². The summed E-state index contributed by atoms with van der Waals surface area (Å²) in [5, 5.41) is 12.0. The second-order valence-corrected chi connectivity index (χ2v) is 3.83. The number of amides is 1. The summed E-state index contributed by atoms with van der Waals surface area (Å²) < 4.78 is 5.25. The fourth-order valence-corrected chi connectivity index (χ4v) is 1.33. The molecule has 0 unspecified atom stereocenters. The van der Waals surface area contributed by atoms with Crippen LogP contribution in [0, 0.1) is 11.3 Å². The van der Waals surface area contributed by atoms with Gasteiger partial charge in [0.15, 0.2) is 6.61 Å². The van der Waals surface area contributed by atoms with Crippen LogP contribution in [0.5, 0.6) is 5.75 Å². The van der Waals surface area contributed by atoms with Crippen LogP contribution in [0.25, 0.3) is 0 Å². The lowest BCUT2D eigenvalue weighted by Gasteiger charge is -2.08. The summed E-state index contributed by atoms with van der Waals surface area (Å²) in [4.78, 5) is 11.3. The molecule has 0 atom stereocenters. The van der Waals surface area contributed by atoms with Crippen molar-refractivity contribution < 1.29 is 9.53 Å². The van der Waals surface area contributed by atoms with E-state index in [1.807, 2.05) is 13.0 Å². The average molecular weight is 253 g/mol. The number of hydrogen-bond donors (Lipinski definition) is 1. The molecule has 17 heavy (non-hydrogen) atoms. The number of hydrogen-bond acceptors (Lipinski definition) is 3. The van der Waals surface area contributed by atoms with E-state index < -0.39 is 0 Å². The smallest absolute Gasteiger partial charge is 0.257 e. The Morgan fingerprint density at radius 1 is 1.59 bits per heavy atom. The van der Waals surface area contributed by atoms with Crippen LogP contribution in [0.15, 0.2) is 18.2 Å². The minimum absolute atomic E-state index is 0.116. The summed E-state index contributed by atoms with van der Waals surface area (Å²) in [6.07, 6.45) is 0.867. The van der Waals surface area contributed by atoms with E-state index in [-0.39, 0.29) is 12.5 Å². The Morgan fingerprint density at radius 3 is 3.00 bits per heavy atom. The van der Waals surface area contributed by atoms with Gasteiger partial charge in [-0.25, -0.2) is 0 Å². The Labute approximate surface area is 105 Å². The van der Waals surface area contributed by atoms with Crippen molar-refractivity contribution in [3.8, 4) is 11.8 Å². The fourth-order valence-electron chi connectivity index (χ4n) is 1.17. The van der Waals surface area contributed by atoms with E-state index >= 15 is 0 Å². The van der Waals surface area contributed by atoms with Gasteiger partial charge in [-0.3, -0.25) is 4.79 Å². The number of carbonyl (C=O) groups excluding carboxylic acids is 1. The standard InChI is InChI=1S/C12H13ClN2O2/c1-2-5-15-12(16)8-17-11-6-10(13)4-3-9(11)7-14/h3-4,6H,2,5,8H2,1H3,(H,15,16). The quantitative estimate of drug-likeness (QED) is 0.873. The summed E-state index contributed by atoms with van der Waals surface area (Å²) in [6, 6.07) is 6.65. The summed E-state index contributed by atoms with van der Waals surface area (Å²) >= 11 is 5.78. The molecule has 0 saturated carbocycles. The van der Waals surface area contributed by atoms with E-state index in [4.69, 9.17) is 21.6 Å². The van der Waals surface area contributed by atoms with Gasteiger partial charge in [0.25, 0.3) is 5.91 Å². The molecule has 0 bridgehead atoms. The van der Waals surface area contributed by atoms with Gasteiger partial charge in [0.2, 0.25) is 0 Å². The molecule has 1 aromatic rings. The van der Waals surface area contributed by atoms with Crippen LogP contribution in [-0.2, 0) is 4.79 Å². The van der Waals surface area contributed by atoms with Crippen molar-refractivity contribution in [1.82, 2.24) is 5.32 Å². The predicted octanol–water partition coefficient (Wildman–Crippen LogP) is 2.12. The number of nitriles is 1. The minimum atomic E-state index is -0.212. The SMILES string of the molecule is CCCNC(=O)COc1cc(Cl)ccc1C#N. The monoisotopic (exact) mass is 252 g/mol. The highest BCUT2D eigenvalue weighted by atomic mass is 35.5. The van der Waals surface area contributed by atoms with E-state index in [2.05, 4.69) is 5.32 Å². The largest absolute Gasteiger partial charge is 0.482 e. The number of benzene rings is 1. The number of halogens is 1. The van der Waals surface area contributed by atoms with E-state index in [1.54, 1.807) is 12.1 Å². The van der Waals surface area contributed by atoms with Crippen LogP contribution in [0.4, 0.5) is 0 Å². The van der Waals surface area contributed by atoms with Gasteiger partial charge in [-0.15, -0.1) is 0 Å². The first kappa shape index (κ1) is 13.3. The molecule has 0 heterocycles. The second-order valence-electron chi connectivity index (χ2n) is 3.39. The average Bonchev–Trinajstić information content (AvgIpc) is 2.34. The molecule has 1 amide bonds. The molecule has 0 aliphatic heterocycles. The van der Waals surface area contributed by atoms with Crippen LogP contribution in [0.3, 0.4) is 0 Å². The molecule has 0 aromatic heterocycles. The third-order valence-corrected chi connectivity index (χ3v) is 2.23. The molecular formula is C12H13ClN2O2. The van der Waals surface area contributed by atoms with Gasteiger partial charge in [-0.05, 0) is 18.6 Å². The molecule has 1 N–H and O–H groups in total. The topological polar surface area (TPSA) is 62.1 Å². The Morgan fingerprint density at radius 2 is 2.35 bits per heavy atom. The van der Waals surface area contributed by atoms with Crippen LogP contribution in [0.1, 0.15) is 18.9 Å². The van der Waals surface area contributed by atoms with Gasteiger partial charge in [-0.2, -0.15) is 5.26 Å². The third-order valence-electron chi connectivity index (χ3n) is 2.00. The maximum absolute atomic E-state index is 11.3. The Bertz CT molecular complexity index is 441. The number of nitrogens with one attached hydrogen (secondary N) is 1. The molecule has 4 nitrogen and oxygen atoms in total. The first-order valence-corrected chi connectivity index (χ1v) is 5.64. The highest BCUT2D eigenvalue weighted by Gasteiger charge is 2.07. The summed E-state index contributed by atoms with van der Waals surface area (Å²) in [7, 11) is 0. The van der Waals surface area contributed by atoms with Crippen molar-refractivity contribution in [2.45, 2.75) is 13.3 Å². The molecule has 0 aliphatic carbocycles.